The van der Waals surface area contributed by atoms with Crippen LogP contribution in [-0.4, -0.2) is 41.6 Å². The molecule has 0 saturated carbocycles. The van der Waals surface area contributed by atoms with Gasteiger partial charge in [-0.1, -0.05) is 0 Å². The third kappa shape index (κ3) is 2.79. The summed E-state index contributed by atoms with van der Waals surface area (Å²) < 4.78 is 0. The third-order valence-electron chi connectivity index (χ3n) is 3.20. The van der Waals surface area contributed by atoms with Crippen LogP contribution in [0.15, 0.2) is 0 Å². The zero-order valence-electron chi connectivity index (χ0n) is 11.1. The zero-order chi connectivity index (χ0) is 13.0. The molecule has 0 unspecified atom stereocenters. The summed E-state index contributed by atoms with van der Waals surface area (Å²) in [5, 5.41) is 0. The molecule has 0 aromatic carbocycles. The van der Waals surface area contributed by atoms with E-state index in [1.54, 1.807) is 0 Å². The lowest BCUT2D eigenvalue weighted by Crippen LogP contribution is -2.32. The second kappa shape index (κ2) is 5.81. The smallest absolute Gasteiger partial charge is 0.243 e. The fraction of sp³-hybridized carbons (Fsp3) is 0.727. The molecule has 2 heterocycles. The van der Waals surface area contributed by atoms with Crippen LogP contribution >= 0.6 is 0 Å². The molecule has 2 rings (SSSR count). The number of rotatable bonds is 4. The standard InChI is InChI=1S/C11H21N7/c1-3-17(2)10-13-9(16-12)14-11(15-10)18-7-5-4-6-8-18/h3-8,12H2,1-2H3,(H,13,14,15,16). The maximum Gasteiger partial charge on any atom is 0.243 e. The van der Waals surface area contributed by atoms with Gasteiger partial charge in [-0.3, -0.25) is 5.43 Å². The largest absolute Gasteiger partial charge is 0.344 e. The maximum atomic E-state index is 5.42. The Morgan fingerprint density at radius 3 is 2.56 bits per heavy atom. The monoisotopic (exact) mass is 251 g/mol. The molecule has 0 atom stereocenters. The minimum atomic E-state index is 0.417. The van der Waals surface area contributed by atoms with Crippen LogP contribution in [-0.2, 0) is 0 Å². The van der Waals surface area contributed by atoms with E-state index in [4.69, 9.17) is 5.84 Å². The van der Waals surface area contributed by atoms with Crippen LogP contribution in [0.5, 0.6) is 0 Å². The second-order valence-electron chi connectivity index (χ2n) is 4.47. The van der Waals surface area contributed by atoms with Crippen LogP contribution in [0.1, 0.15) is 26.2 Å². The summed E-state index contributed by atoms with van der Waals surface area (Å²) in [5.41, 5.74) is 2.51. The van der Waals surface area contributed by atoms with Gasteiger partial charge in [0.2, 0.25) is 17.8 Å². The second-order valence-corrected chi connectivity index (χ2v) is 4.47. The quantitative estimate of drug-likeness (QED) is 0.599. The van der Waals surface area contributed by atoms with Gasteiger partial charge in [0.15, 0.2) is 0 Å². The number of nitrogens with zero attached hydrogens (tertiary/aromatic N) is 5. The predicted octanol–water partition coefficient (Wildman–Crippen LogP) is 0.604. The molecule has 1 fully saturated rings. The van der Waals surface area contributed by atoms with E-state index in [0.29, 0.717) is 17.8 Å². The molecule has 0 bridgehead atoms. The van der Waals surface area contributed by atoms with Gasteiger partial charge in [-0.05, 0) is 26.2 Å². The highest BCUT2D eigenvalue weighted by atomic mass is 15.4. The molecular formula is C11H21N7. The molecule has 1 aromatic heterocycles. The highest BCUT2D eigenvalue weighted by molar-refractivity contribution is 5.44. The van der Waals surface area contributed by atoms with E-state index in [9.17, 15) is 0 Å². The molecule has 0 radical (unpaired) electrons. The average Bonchev–Trinajstić information content (AvgIpc) is 2.46. The maximum absolute atomic E-state index is 5.42. The minimum absolute atomic E-state index is 0.417. The fourth-order valence-electron chi connectivity index (χ4n) is 1.97. The Morgan fingerprint density at radius 2 is 1.94 bits per heavy atom. The van der Waals surface area contributed by atoms with Gasteiger partial charge in [-0.15, -0.1) is 0 Å². The normalized spacial score (nSPS) is 15.6. The summed E-state index contributed by atoms with van der Waals surface area (Å²) in [6.07, 6.45) is 3.66. The van der Waals surface area contributed by atoms with Crippen molar-refractivity contribution < 1.29 is 0 Å². The molecule has 18 heavy (non-hydrogen) atoms. The Hall–Kier alpha value is -1.63. The van der Waals surface area contributed by atoms with Gasteiger partial charge in [-0.2, -0.15) is 15.0 Å². The molecule has 100 valence electrons. The van der Waals surface area contributed by atoms with Gasteiger partial charge in [0.05, 0.1) is 0 Å². The number of hydrazine groups is 1. The van der Waals surface area contributed by atoms with E-state index in [-0.39, 0.29) is 0 Å². The summed E-state index contributed by atoms with van der Waals surface area (Å²) in [6, 6.07) is 0. The lowest BCUT2D eigenvalue weighted by Gasteiger charge is -2.27. The highest BCUT2D eigenvalue weighted by Crippen LogP contribution is 2.19. The molecule has 0 aliphatic carbocycles. The van der Waals surface area contributed by atoms with Crippen molar-refractivity contribution in [1.82, 2.24) is 15.0 Å². The molecule has 0 spiro atoms. The predicted molar refractivity (Wildman–Crippen MR) is 72.6 cm³/mol. The molecular weight excluding hydrogens is 230 g/mol. The zero-order valence-corrected chi connectivity index (χ0v) is 11.1. The summed E-state index contributed by atoms with van der Waals surface area (Å²) in [7, 11) is 1.95. The van der Waals surface area contributed by atoms with Crippen molar-refractivity contribution in [1.29, 1.82) is 0 Å². The minimum Gasteiger partial charge on any atom is -0.344 e. The Labute approximate surface area is 107 Å². The number of aromatic nitrogens is 3. The van der Waals surface area contributed by atoms with Crippen LogP contribution in [0.3, 0.4) is 0 Å². The van der Waals surface area contributed by atoms with E-state index in [1.165, 1.54) is 19.3 Å². The first-order valence-corrected chi connectivity index (χ1v) is 6.43. The lowest BCUT2D eigenvalue weighted by molar-refractivity contribution is 0.567. The van der Waals surface area contributed by atoms with Gasteiger partial charge < -0.3 is 9.80 Å². The van der Waals surface area contributed by atoms with Crippen molar-refractivity contribution in [2.75, 3.05) is 41.9 Å². The third-order valence-corrected chi connectivity index (χ3v) is 3.20. The summed E-state index contributed by atoms with van der Waals surface area (Å²) in [6.45, 7) is 4.90. The molecule has 7 nitrogen and oxygen atoms in total. The van der Waals surface area contributed by atoms with E-state index in [2.05, 4.69) is 32.2 Å². The van der Waals surface area contributed by atoms with Gasteiger partial charge in [0, 0.05) is 26.7 Å². The van der Waals surface area contributed by atoms with Crippen molar-refractivity contribution >= 4 is 17.8 Å². The Morgan fingerprint density at radius 1 is 1.22 bits per heavy atom. The summed E-state index contributed by atoms with van der Waals surface area (Å²) >= 11 is 0. The van der Waals surface area contributed by atoms with Crippen LogP contribution in [0.2, 0.25) is 0 Å². The number of nitrogens with two attached hydrogens (primary N) is 1. The molecule has 1 saturated heterocycles. The van der Waals surface area contributed by atoms with Crippen molar-refractivity contribution in [3.8, 4) is 0 Å². The molecule has 1 aliphatic rings. The first-order valence-electron chi connectivity index (χ1n) is 6.43. The lowest BCUT2D eigenvalue weighted by atomic mass is 10.1. The van der Waals surface area contributed by atoms with Crippen molar-refractivity contribution in [3.63, 3.8) is 0 Å². The van der Waals surface area contributed by atoms with Gasteiger partial charge in [0.25, 0.3) is 0 Å². The van der Waals surface area contributed by atoms with Gasteiger partial charge >= 0.3 is 0 Å². The molecule has 1 aromatic rings. The number of anilines is 3. The van der Waals surface area contributed by atoms with Crippen LogP contribution < -0.4 is 21.1 Å². The van der Waals surface area contributed by atoms with Crippen LogP contribution in [0.25, 0.3) is 0 Å². The van der Waals surface area contributed by atoms with Gasteiger partial charge in [-0.25, -0.2) is 5.84 Å². The van der Waals surface area contributed by atoms with E-state index < -0.39 is 0 Å². The Bertz CT molecular complexity index is 389. The molecule has 7 heteroatoms. The van der Waals surface area contributed by atoms with E-state index >= 15 is 0 Å². The molecule has 1 aliphatic heterocycles. The van der Waals surface area contributed by atoms with E-state index in [0.717, 1.165) is 19.6 Å². The highest BCUT2D eigenvalue weighted by Gasteiger charge is 2.16. The topological polar surface area (TPSA) is 83.2 Å². The first-order chi connectivity index (χ1) is 8.74. The molecule has 0 amide bonds. The number of nitrogens with one attached hydrogen (secondary N) is 1. The van der Waals surface area contributed by atoms with Crippen molar-refractivity contribution in [2.24, 2.45) is 5.84 Å². The van der Waals surface area contributed by atoms with Gasteiger partial charge in [0.1, 0.15) is 0 Å². The number of nitrogen functional groups attached to an aromatic ring is 1. The van der Waals surface area contributed by atoms with E-state index in [1.807, 2.05) is 11.9 Å². The summed E-state index contributed by atoms with van der Waals surface area (Å²) in [5.74, 6) is 7.21. The van der Waals surface area contributed by atoms with Crippen LogP contribution in [0.4, 0.5) is 17.8 Å². The average molecular weight is 251 g/mol. The summed E-state index contributed by atoms with van der Waals surface area (Å²) in [4.78, 5) is 17.3. The Balaban J connectivity index is 2.27. The van der Waals surface area contributed by atoms with Crippen molar-refractivity contribution in [2.45, 2.75) is 26.2 Å². The molecule has 3 N–H and O–H groups in total. The number of hydrogen-bond donors (Lipinski definition) is 2. The Kier molecular flexibility index (Phi) is 4.14. The number of hydrogen-bond acceptors (Lipinski definition) is 7. The first kappa shape index (κ1) is 12.8. The SMILES string of the molecule is CCN(C)c1nc(NN)nc(N2CCCCC2)n1. The number of piperidine rings is 1. The van der Waals surface area contributed by atoms with Crippen LogP contribution in [0, 0.1) is 0 Å². The fourth-order valence-corrected chi connectivity index (χ4v) is 1.97. The van der Waals surface area contributed by atoms with Crippen molar-refractivity contribution in [3.05, 3.63) is 0 Å².